The number of phenolic OH excluding ortho intramolecular Hbond substituents is 1. The van der Waals surface area contributed by atoms with Gasteiger partial charge < -0.3 is 72.1 Å². The van der Waals surface area contributed by atoms with Crippen LogP contribution in [-0.4, -0.2) is 102 Å². The van der Waals surface area contributed by atoms with Crippen LogP contribution in [0.2, 0.25) is 0 Å². The van der Waals surface area contributed by atoms with Crippen molar-refractivity contribution in [2.75, 3.05) is 17.2 Å². The minimum absolute atomic E-state index is 0.0196. The van der Waals surface area contributed by atoms with Crippen LogP contribution in [0.1, 0.15) is 99.1 Å². The molecule has 0 aromatic heterocycles. The molecule has 2 fully saturated rings. The Labute approximate surface area is 406 Å². The van der Waals surface area contributed by atoms with E-state index in [4.69, 9.17) is 25.7 Å². The number of aliphatic hydroxyl groups excluding tert-OH is 6. The van der Waals surface area contributed by atoms with Crippen LogP contribution in [0, 0.1) is 53.3 Å². The molecule has 4 aliphatic heterocycles. The van der Waals surface area contributed by atoms with Gasteiger partial charge in [0, 0.05) is 58.2 Å². The number of phenols is 1. The van der Waals surface area contributed by atoms with E-state index in [-0.39, 0.29) is 92.1 Å². The number of aromatic hydroxyl groups is 1. The molecule has 4 bridgehead atoms. The molecule has 16 nitrogen and oxygen atoms in total. The van der Waals surface area contributed by atoms with Gasteiger partial charge in [0.2, 0.25) is 0 Å². The number of ether oxygens (including phenoxy) is 3. The van der Waals surface area contributed by atoms with Crippen molar-refractivity contribution < 1.29 is 59.5 Å². The summed E-state index contributed by atoms with van der Waals surface area (Å²) >= 11 is 0. The lowest BCUT2D eigenvalue weighted by molar-refractivity contribution is 0.0866. The first-order valence-electron chi connectivity index (χ1n) is 23.3. The van der Waals surface area contributed by atoms with Crippen LogP contribution in [-0.2, 0) is 27.2 Å². The second-order valence-corrected chi connectivity index (χ2v) is 19.4. The number of benzene rings is 3. The van der Waals surface area contributed by atoms with Crippen molar-refractivity contribution in [3.05, 3.63) is 127 Å². The number of nitrogens with two attached hydrogens (primary N) is 2. The Kier molecular flexibility index (Phi) is 9.70. The van der Waals surface area contributed by atoms with Crippen LogP contribution in [0.4, 0.5) is 11.4 Å². The largest absolute Gasteiger partial charge is 0.508 e. The zero-order chi connectivity index (χ0) is 49.8. The normalized spacial score (nSPS) is 35.3. The van der Waals surface area contributed by atoms with E-state index in [0.717, 1.165) is 0 Å². The van der Waals surface area contributed by atoms with Crippen molar-refractivity contribution in [1.29, 1.82) is 0 Å². The molecule has 2 saturated heterocycles. The van der Waals surface area contributed by atoms with E-state index in [0.29, 0.717) is 28.7 Å². The Bertz CT molecular complexity index is 3430. The number of fused-ring (bicyclic) bond motifs is 7. The molecule has 0 amide bonds. The summed E-state index contributed by atoms with van der Waals surface area (Å²) in [4.78, 5) is 29.9. The molecule has 0 radical (unpaired) electrons. The third-order valence-corrected chi connectivity index (χ3v) is 15.7. The van der Waals surface area contributed by atoms with E-state index < -0.39 is 82.7 Å². The predicted octanol–water partition coefficient (Wildman–Crippen LogP) is 1.49. The third-order valence-electron chi connectivity index (χ3n) is 15.7. The van der Waals surface area contributed by atoms with Gasteiger partial charge in [0.05, 0.1) is 29.0 Å². The van der Waals surface area contributed by atoms with Crippen LogP contribution in [0.5, 0.6) is 11.5 Å². The number of hydrogen-bond acceptors (Lipinski definition) is 16. The number of aliphatic hydroxyl groups is 6. The molecule has 12 rings (SSSR count). The summed E-state index contributed by atoms with van der Waals surface area (Å²) in [5.74, 6) is 21.2. The maximum absolute atomic E-state index is 15.0. The molecular weight excluding hydrogens is 909 g/mol. The molecule has 4 heterocycles. The Morgan fingerprint density at radius 1 is 0.775 bits per heavy atom. The number of anilines is 2. The lowest BCUT2D eigenvalue weighted by Gasteiger charge is -2.42. The molecule has 4 unspecified atom stereocenters. The number of ketones is 2. The van der Waals surface area contributed by atoms with Gasteiger partial charge in [0.25, 0.3) is 0 Å². The van der Waals surface area contributed by atoms with Gasteiger partial charge in [-0.3, -0.25) is 9.59 Å². The fourth-order valence-electron chi connectivity index (χ4n) is 12.5. The number of epoxide rings is 2. The van der Waals surface area contributed by atoms with Crippen molar-refractivity contribution in [1.82, 2.24) is 0 Å². The van der Waals surface area contributed by atoms with Crippen molar-refractivity contribution >= 4 is 22.9 Å². The van der Waals surface area contributed by atoms with Gasteiger partial charge in [-0.15, -0.1) is 0 Å². The SMILES string of the molecule is CC1C=C(CN)C2=C(C1)C(O)c1c3c(cc(O)c1C2O)[C@@]12O[C@@]1([C@@H](C)O)[C@H](C#C/C(Oc1cc4c(c5c1C(=O)c1cc(CN)ccc1C5=O)N[C@H]1C#C/C=C\C#CC(O)[C@@]45O[C@@]15[C@@H](C)O)=C\C#C[C@H]2O)N3. The fraction of sp³-hybridized carbons (Fsp3) is 0.345. The molecule has 3 aromatic rings. The number of allylic oxidation sites excluding steroid dienone is 5. The molecule has 16 heteroatoms. The zero-order valence-corrected chi connectivity index (χ0v) is 38.3. The van der Waals surface area contributed by atoms with E-state index in [1.54, 1.807) is 12.1 Å². The zero-order valence-electron chi connectivity index (χ0n) is 38.3. The van der Waals surface area contributed by atoms with Gasteiger partial charge in [-0.2, -0.15) is 0 Å². The molecule has 71 heavy (non-hydrogen) atoms. The summed E-state index contributed by atoms with van der Waals surface area (Å²) in [5.41, 5.74) is 7.94. The van der Waals surface area contributed by atoms with Gasteiger partial charge in [-0.1, -0.05) is 60.5 Å². The minimum atomic E-state index is -1.82. The van der Waals surface area contributed by atoms with Gasteiger partial charge >= 0.3 is 0 Å². The minimum Gasteiger partial charge on any atom is -0.508 e. The molecule has 358 valence electrons. The molecular formula is C55H46N4O12. The molecule has 13 atom stereocenters. The summed E-state index contributed by atoms with van der Waals surface area (Å²) < 4.78 is 19.6. The summed E-state index contributed by atoms with van der Waals surface area (Å²) in [6.45, 7) is 5.07. The maximum atomic E-state index is 15.0. The summed E-state index contributed by atoms with van der Waals surface area (Å²) in [5, 5.41) is 89.9. The van der Waals surface area contributed by atoms with Gasteiger partial charge in [0.15, 0.2) is 51.9 Å². The van der Waals surface area contributed by atoms with Crippen LogP contribution in [0.3, 0.4) is 0 Å². The topological polar surface area (TPSA) is 286 Å². The van der Waals surface area contributed by atoms with Gasteiger partial charge in [-0.05, 0) is 90.8 Å². The van der Waals surface area contributed by atoms with Crippen molar-refractivity contribution in [2.24, 2.45) is 17.4 Å². The lowest BCUT2D eigenvalue weighted by atomic mass is 9.67. The van der Waals surface area contributed by atoms with Crippen LogP contribution in [0.15, 0.2) is 77.1 Å². The summed E-state index contributed by atoms with van der Waals surface area (Å²) in [7, 11) is 0. The fourth-order valence-corrected chi connectivity index (χ4v) is 12.5. The molecule has 0 saturated carbocycles. The first-order chi connectivity index (χ1) is 34.0. The van der Waals surface area contributed by atoms with Crippen molar-refractivity contribution in [3.8, 4) is 58.9 Å². The van der Waals surface area contributed by atoms with E-state index in [9.17, 15) is 45.3 Å². The van der Waals surface area contributed by atoms with E-state index in [1.165, 1.54) is 50.3 Å². The highest BCUT2D eigenvalue weighted by molar-refractivity contribution is 6.31. The average molecular weight is 955 g/mol. The molecule has 5 aliphatic carbocycles. The number of nitrogens with one attached hydrogen (secondary N) is 2. The Morgan fingerprint density at radius 2 is 1.41 bits per heavy atom. The van der Waals surface area contributed by atoms with Crippen LogP contribution >= 0.6 is 0 Å². The Morgan fingerprint density at radius 3 is 2.08 bits per heavy atom. The Balaban J connectivity index is 1.03. The highest BCUT2D eigenvalue weighted by Gasteiger charge is 2.83. The molecule has 9 aliphatic rings. The lowest BCUT2D eigenvalue weighted by Crippen LogP contribution is -2.55. The molecule has 13 N–H and O–H groups in total. The van der Waals surface area contributed by atoms with E-state index in [2.05, 4.69) is 58.0 Å². The van der Waals surface area contributed by atoms with E-state index >= 15 is 0 Å². The van der Waals surface area contributed by atoms with Crippen molar-refractivity contribution in [3.63, 3.8) is 0 Å². The number of hydrogen-bond donors (Lipinski definition) is 11. The first-order valence-corrected chi connectivity index (χ1v) is 23.3. The smallest absolute Gasteiger partial charge is 0.198 e. The molecule has 0 spiro atoms. The maximum Gasteiger partial charge on any atom is 0.198 e. The van der Waals surface area contributed by atoms with Crippen LogP contribution in [0.25, 0.3) is 0 Å². The summed E-state index contributed by atoms with van der Waals surface area (Å²) in [6, 6.07) is 5.25. The quantitative estimate of drug-likeness (QED) is 0.0742. The van der Waals surface area contributed by atoms with Crippen molar-refractivity contribution in [2.45, 2.75) is 105 Å². The first kappa shape index (κ1) is 45.2. The second-order valence-electron chi connectivity index (χ2n) is 19.4. The van der Waals surface area contributed by atoms with Gasteiger partial charge in [0.1, 0.15) is 35.8 Å². The number of carbonyl (C=O) groups is 2. The predicted molar refractivity (Wildman–Crippen MR) is 254 cm³/mol. The highest BCUT2D eigenvalue weighted by atomic mass is 16.7. The highest BCUT2D eigenvalue weighted by Crippen LogP contribution is 2.69. The second kappa shape index (κ2) is 15.3. The average Bonchev–Trinajstić information content (AvgIpc) is 4.26. The molecule has 3 aromatic carbocycles. The standard InChI is InChI=1S/C55H46N4O12/c1-24-17-28(23-57)41-32(18-24)50(67)44-42(51(41)68)35(62)20-33-46(44)59-38-16-14-29(9-8-12-40(64)54(33)53(38,71-54)26(3)61)69-36-21-34-47(45-43(36)49(66)31-19-27(22-56)13-15-30(31)48(45)65)58-37-10-6-4-5-7-11-39(63)55(34)52(37,70-55)25(2)60/h4-5,9,13,15,17,19-21,24-26,37-40,50-51,58-64,67-68H,18,22-23,56-57H2,1-3H3/b5-4-,29-9+/t24?,25-,26-,37+,38+,39?,40-,50?,51?,52+,53+,54+,55+/m1/s1. The number of rotatable bonds is 6. The van der Waals surface area contributed by atoms with E-state index in [1.807, 2.05) is 13.0 Å². The van der Waals surface area contributed by atoms with Gasteiger partial charge in [-0.25, -0.2) is 0 Å². The third kappa shape index (κ3) is 5.63. The summed E-state index contributed by atoms with van der Waals surface area (Å²) in [6.07, 6.45) is -2.17. The van der Waals surface area contributed by atoms with Crippen LogP contribution < -0.4 is 26.8 Å². The Hall–Kier alpha value is -7.00. The number of carbonyl (C=O) groups excluding carboxylic acids is 2. The monoisotopic (exact) mass is 954 g/mol.